The van der Waals surface area contributed by atoms with E-state index in [4.69, 9.17) is 4.74 Å². The van der Waals surface area contributed by atoms with Gasteiger partial charge in [0.1, 0.15) is 11.6 Å². The van der Waals surface area contributed by atoms with Gasteiger partial charge in [-0.2, -0.15) is 0 Å². The lowest BCUT2D eigenvalue weighted by atomic mass is 10.2. The van der Waals surface area contributed by atoms with Gasteiger partial charge in [0.2, 0.25) is 11.8 Å². The van der Waals surface area contributed by atoms with Crippen molar-refractivity contribution in [1.82, 2.24) is 5.32 Å². The van der Waals surface area contributed by atoms with E-state index < -0.39 is 0 Å². The normalized spacial score (nSPS) is 10.2. The van der Waals surface area contributed by atoms with Crippen LogP contribution in [0.25, 0.3) is 0 Å². The van der Waals surface area contributed by atoms with Crippen LogP contribution in [0, 0.1) is 19.7 Å². The van der Waals surface area contributed by atoms with Crippen molar-refractivity contribution in [3.8, 4) is 5.75 Å². The quantitative estimate of drug-likeness (QED) is 0.710. The average molecular weight is 359 g/mol. The van der Waals surface area contributed by atoms with E-state index in [9.17, 15) is 14.0 Å². The number of amides is 2. The molecule has 0 spiro atoms. The van der Waals surface area contributed by atoms with Crippen LogP contribution in [0.15, 0.2) is 36.4 Å². The van der Waals surface area contributed by atoms with Crippen molar-refractivity contribution in [3.05, 3.63) is 53.3 Å². The fourth-order valence-corrected chi connectivity index (χ4v) is 2.32. The zero-order valence-electron chi connectivity index (χ0n) is 15.0. The molecule has 0 radical (unpaired) electrons. The topological polar surface area (TPSA) is 79.5 Å². The van der Waals surface area contributed by atoms with Crippen molar-refractivity contribution in [2.45, 2.75) is 13.8 Å². The van der Waals surface area contributed by atoms with Crippen LogP contribution in [0.2, 0.25) is 0 Å². The molecule has 26 heavy (non-hydrogen) atoms. The minimum Gasteiger partial charge on any atom is -0.495 e. The molecule has 0 saturated carbocycles. The summed E-state index contributed by atoms with van der Waals surface area (Å²) in [5.74, 6) is -0.590. The van der Waals surface area contributed by atoms with E-state index >= 15 is 0 Å². The number of hydrogen-bond acceptors (Lipinski definition) is 4. The largest absolute Gasteiger partial charge is 0.495 e. The van der Waals surface area contributed by atoms with Gasteiger partial charge in [0.05, 0.1) is 25.9 Å². The summed E-state index contributed by atoms with van der Waals surface area (Å²) in [6.07, 6.45) is 0. The Bertz CT molecular complexity index is 809. The number of benzene rings is 2. The Kier molecular flexibility index (Phi) is 6.54. The number of anilines is 2. The molecule has 3 N–H and O–H groups in total. The molecule has 0 aliphatic rings. The Labute approximate surface area is 151 Å². The number of methoxy groups -OCH3 is 1. The molecule has 0 unspecified atom stereocenters. The Hall–Kier alpha value is -3.09. The number of carbonyl (C=O) groups is 2. The smallest absolute Gasteiger partial charge is 0.243 e. The van der Waals surface area contributed by atoms with Crippen LogP contribution in [0.4, 0.5) is 15.8 Å². The van der Waals surface area contributed by atoms with E-state index in [1.54, 1.807) is 18.2 Å². The molecule has 2 amide bonds. The highest BCUT2D eigenvalue weighted by molar-refractivity contribution is 5.96. The lowest BCUT2D eigenvalue weighted by Crippen LogP contribution is -2.36. The average Bonchev–Trinajstić information content (AvgIpc) is 2.61. The Morgan fingerprint density at radius 2 is 1.77 bits per heavy atom. The Balaban J connectivity index is 1.82. The van der Waals surface area contributed by atoms with Gasteiger partial charge in [-0.15, -0.1) is 0 Å². The number of halogens is 1. The number of nitrogens with one attached hydrogen (secondary N) is 3. The highest BCUT2D eigenvalue weighted by Crippen LogP contribution is 2.24. The van der Waals surface area contributed by atoms with Crippen LogP contribution in [0.1, 0.15) is 11.1 Å². The molecular weight excluding hydrogens is 337 g/mol. The summed E-state index contributed by atoms with van der Waals surface area (Å²) in [4.78, 5) is 23.9. The van der Waals surface area contributed by atoms with Crippen LogP contribution in [0.3, 0.4) is 0 Å². The van der Waals surface area contributed by atoms with Crippen molar-refractivity contribution in [1.29, 1.82) is 0 Å². The number of rotatable bonds is 7. The van der Waals surface area contributed by atoms with Crippen molar-refractivity contribution >= 4 is 23.2 Å². The van der Waals surface area contributed by atoms with Crippen molar-refractivity contribution in [2.75, 3.05) is 30.8 Å². The molecule has 6 nitrogen and oxygen atoms in total. The van der Waals surface area contributed by atoms with Gasteiger partial charge in [-0.3, -0.25) is 9.59 Å². The molecule has 0 aliphatic carbocycles. The molecule has 0 bridgehead atoms. The van der Waals surface area contributed by atoms with E-state index in [0.717, 1.165) is 11.1 Å². The summed E-state index contributed by atoms with van der Waals surface area (Å²) in [5, 5.41) is 8.06. The van der Waals surface area contributed by atoms with Gasteiger partial charge in [-0.25, -0.2) is 4.39 Å². The summed E-state index contributed by atoms with van der Waals surface area (Å²) in [5.41, 5.74) is 2.87. The van der Waals surface area contributed by atoms with Crippen LogP contribution in [-0.2, 0) is 9.59 Å². The lowest BCUT2D eigenvalue weighted by Gasteiger charge is -2.12. The van der Waals surface area contributed by atoms with Gasteiger partial charge in [0.15, 0.2) is 0 Å². The summed E-state index contributed by atoms with van der Waals surface area (Å²) in [6, 6.07) is 9.71. The summed E-state index contributed by atoms with van der Waals surface area (Å²) in [6.45, 7) is 3.46. The van der Waals surface area contributed by atoms with Gasteiger partial charge in [-0.05, 0) is 49.2 Å². The zero-order valence-corrected chi connectivity index (χ0v) is 15.0. The molecule has 0 atom stereocenters. The van der Waals surface area contributed by atoms with Crippen molar-refractivity contribution < 1.29 is 18.7 Å². The molecule has 138 valence electrons. The molecule has 0 aromatic heterocycles. The highest BCUT2D eigenvalue weighted by atomic mass is 19.1. The van der Waals surface area contributed by atoms with Crippen LogP contribution in [-0.4, -0.2) is 32.0 Å². The number of carbonyl (C=O) groups excluding carboxylic acids is 2. The second-order valence-electron chi connectivity index (χ2n) is 5.84. The zero-order chi connectivity index (χ0) is 19.1. The molecule has 0 heterocycles. The maximum atomic E-state index is 13.2. The molecule has 2 aromatic carbocycles. The molecule has 2 aromatic rings. The predicted octanol–water partition coefficient (Wildman–Crippen LogP) is 2.62. The van der Waals surface area contributed by atoms with Crippen molar-refractivity contribution in [3.63, 3.8) is 0 Å². The summed E-state index contributed by atoms with van der Waals surface area (Å²) in [7, 11) is 1.52. The molecule has 0 fully saturated rings. The van der Waals surface area contributed by atoms with Gasteiger partial charge in [0.25, 0.3) is 0 Å². The van der Waals surface area contributed by atoms with E-state index in [2.05, 4.69) is 16.0 Å². The molecule has 0 saturated heterocycles. The van der Waals surface area contributed by atoms with E-state index in [1.165, 1.54) is 19.2 Å². The van der Waals surface area contributed by atoms with Crippen LogP contribution < -0.4 is 20.7 Å². The van der Waals surface area contributed by atoms with Gasteiger partial charge >= 0.3 is 0 Å². The SMILES string of the molecule is COc1ccc(C)cc1NC(=O)CNC(=O)CNc1cc(F)ccc1C. The number of ether oxygens (including phenoxy) is 1. The number of aryl methyl sites for hydroxylation is 2. The van der Waals surface area contributed by atoms with E-state index in [0.29, 0.717) is 17.1 Å². The fraction of sp³-hybridized carbons (Fsp3) is 0.263. The van der Waals surface area contributed by atoms with Crippen LogP contribution >= 0.6 is 0 Å². The minimum absolute atomic E-state index is 0.0641. The van der Waals surface area contributed by atoms with Gasteiger partial charge in [0, 0.05) is 5.69 Å². The van der Waals surface area contributed by atoms with Gasteiger partial charge in [-0.1, -0.05) is 12.1 Å². The second-order valence-corrected chi connectivity index (χ2v) is 5.84. The maximum Gasteiger partial charge on any atom is 0.243 e. The Morgan fingerprint density at radius 3 is 2.50 bits per heavy atom. The minimum atomic E-state index is -0.384. The maximum absolute atomic E-state index is 13.2. The molecule has 0 aliphatic heterocycles. The molecule has 2 rings (SSSR count). The monoisotopic (exact) mass is 359 g/mol. The predicted molar refractivity (Wildman–Crippen MR) is 99.0 cm³/mol. The van der Waals surface area contributed by atoms with E-state index in [-0.39, 0.29) is 30.7 Å². The second kappa shape index (κ2) is 8.84. The lowest BCUT2D eigenvalue weighted by molar-refractivity contribution is -0.122. The van der Waals surface area contributed by atoms with Gasteiger partial charge < -0.3 is 20.7 Å². The van der Waals surface area contributed by atoms with E-state index in [1.807, 2.05) is 19.9 Å². The Morgan fingerprint density at radius 1 is 1.00 bits per heavy atom. The van der Waals surface area contributed by atoms with Crippen molar-refractivity contribution in [2.24, 2.45) is 0 Å². The summed E-state index contributed by atoms with van der Waals surface area (Å²) >= 11 is 0. The highest BCUT2D eigenvalue weighted by Gasteiger charge is 2.10. The molecule has 7 heteroatoms. The first-order chi connectivity index (χ1) is 12.4. The fourth-order valence-electron chi connectivity index (χ4n) is 2.32. The third-order valence-electron chi connectivity index (χ3n) is 3.71. The third kappa shape index (κ3) is 5.47. The third-order valence-corrected chi connectivity index (χ3v) is 3.71. The van der Waals surface area contributed by atoms with Crippen LogP contribution in [0.5, 0.6) is 5.75 Å². The standard InChI is InChI=1S/C19H22FN3O3/c1-12-4-7-17(26-3)16(8-12)23-19(25)11-22-18(24)10-21-15-9-14(20)6-5-13(15)2/h4-9,21H,10-11H2,1-3H3,(H,22,24)(H,23,25). The number of hydrogen-bond donors (Lipinski definition) is 3. The molecular formula is C19H22FN3O3. The first-order valence-corrected chi connectivity index (χ1v) is 8.10. The summed E-state index contributed by atoms with van der Waals surface area (Å²) < 4.78 is 18.4. The first kappa shape index (κ1) is 19.2. The first-order valence-electron chi connectivity index (χ1n) is 8.10.